The number of hydrogen-bond donors (Lipinski definition) is 3. The third-order valence-electron chi connectivity index (χ3n) is 3.12. The molecule has 0 saturated carbocycles. The molecule has 0 atom stereocenters. The quantitative estimate of drug-likeness (QED) is 0.705. The number of rotatable bonds is 7. The van der Waals surface area contributed by atoms with Crippen LogP contribution in [0.25, 0.3) is 0 Å². The smallest absolute Gasteiger partial charge is 0.317 e. The number of hydrogen-bond acceptors (Lipinski definition) is 3. The van der Waals surface area contributed by atoms with E-state index in [-0.39, 0.29) is 38.2 Å². The molecule has 0 aliphatic carbocycles. The minimum atomic E-state index is -0.905. The summed E-state index contributed by atoms with van der Waals surface area (Å²) in [6, 6.07) is 6.82. The second kappa shape index (κ2) is 8.26. The zero-order valence-corrected chi connectivity index (χ0v) is 12.4. The van der Waals surface area contributed by atoms with Crippen molar-refractivity contribution in [2.24, 2.45) is 0 Å². The summed E-state index contributed by atoms with van der Waals surface area (Å²) in [5.74, 6) is -0.905. The monoisotopic (exact) mass is 294 g/mol. The second-order valence-corrected chi connectivity index (χ2v) is 5.01. The van der Waals surface area contributed by atoms with E-state index in [0.717, 1.165) is 5.56 Å². The summed E-state index contributed by atoms with van der Waals surface area (Å²) in [5, 5.41) is 20.6. The summed E-state index contributed by atoms with van der Waals surface area (Å²) in [6.45, 7) is 4.17. The van der Waals surface area contributed by atoms with Crippen molar-refractivity contribution in [2.45, 2.75) is 32.9 Å². The zero-order chi connectivity index (χ0) is 15.8. The topological polar surface area (TPSA) is 89.9 Å². The Hall–Kier alpha value is -2.08. The van der Waals surface area contributed by atoms with Crippen LogP contribution in [0.15, 0.2) is 24.3 Å². The van der Waals surface area contributed by atoms with Crippen LogP contribution in [0.5, 0.6) is 0 Å². The van der Waals surface area contributed by atoms with Crippen molar-refractivity contribution in [2.75, 3.05) is 13.2 Å². The molecule has 0 saturated heterocycles. The fourth-order valence-electron chi connectivity index (χ4n) is 2.04. The lowest BCUT2D eigenvalue weighted by atomic mass is 10.0. The van der Waals surface area contributed by atoms with E-state index in [0.29, 0.717) is 5.56 Å². The molecule has 0 fully saturated rings. The molecule has 0 aromatic heterocycles. The van der Waals surface area contributed by atoms with Crippen molar-refractivity contribution in [3.63, 3.8) is 0 Å². The van der Waals surface area contributed by atoms with Gasteiger partial charge < -0.3 is 20.4 Å². The molecule has 0 bridgehead atoms. The van der Waals surface area contributed by atoms with Crippen molar-refractivity contribution < 1.29 is 19.8 Å². The molecule has 2 amide bonds. The fourth-order valence-corrected chi connectivity index (χ4v) is 2.04. The molecular formula is C15H22N2O4. The predicted molar refractivity (Wildman–Crippen MR) is 78.9 cm³/mol. The Balaban J connectivity index is 2.70. The van der Waals surface area contributed by atoms with Crippen LogP contribution in [0.2, 0.25) is 0 Å². The van der Waals surface area contributed by atoms with E-state index in [1.807, 2.05) is 13.8 Å². The molecule has 3 N–H and O–H groups in total. The number of aliphatic hydroxyl groups excluding tert-OH is 1. The molecule has 0 unspecified atom stereocenters. The summed E-state index contributed by atoms with van der Waals surface area (Å²) < 4.78 is 0. The van der Waals surface area contributed by atoms with Gasteiger partial charge in [0.25, 0.3) is 0 Å². The highest BCUT2D eigenvalue weighted by Gasteiger charge is 2.16. The summed E-state index contributed by atoms with van der Waals surface area (Å²) in [5.41, 5.74) is 1.46. The maximum absolute atomic E-state index is 12.1. The van der Waals surface area contributed by atoms with Crippen LogP contribution in [0.3, 0.4) is 0 Å². The number of urea groups is 1. The Kier molecular flexibility index (Phi) is 6.68. The standard InChI is InChI=1S/C15H22N2O4/c1-11(2)17(7-8-18)15(21)16-10-13-6-4-3-5-12(13)9-14(19)20/h3-6,11,18H,7-10H2,1-2H3,(H,16,21)(H,19,20). The number of nitrogens with zero attached hydrogens (tertiary/aromatic N) is 1. The lowest BCUT2D eigenvalue weighted by molar-refractivity contribution is -0.136. The molecule has 0 aliphatic rings. The summed E-state index contributed by atoms with van der Waals surface area (Å²) in [4.78, 5) is 24.4. The van der Waals surface area contributed by atoms with E-state index < -0.39 is 5.97 Å². The molecule has 1 aromatic carbocycles. The first kappa shape index (κ1) is 17.0. The number of amides is 2. The molecule has 0 heterocycles. The van der Waals surface area contributed by atoms with Crippen LogP contribution in [0, 0.1) is 0 Å². The van der Waals surface area contributed by atoms with Gasteiger partial charge in [-0.15, -0.1) is 0 Å². The highest BCUT2D eigenvalue weighted by Crippen LogP contribution is 2.10. The Morgan fingerprint density at radius 2 is 1.86 bits per heavy atom. The molecule has 116 valence electrons. The first-order valence-electron chi connectivity index (χ1n) is 6.89. The Labute approximate surface area is 124 Å². The van der Waals surface area contributed by atoms with Gasteiger partial charge in [0.15, 0.2) is 0 Å². The summed E-state index contributed by atoms with van der Waals surface area (Å²) in [6.07, 6.45) is -0.0728. The van der Waals surface area contributed by atoms with Gasteiger partial charge in [-0.25, -0.2) is 4.79 Å². The van der Waals surface area contributed by atoms with Crippen LogP contribution in [0.1, 0.15) is 25.0 Å². The van der Waals surface area contributed by atoms with Crippen LogP contribution >= 0.6 is 0 Å². The van der Waals surface area contributed by atoms with Crippen molar-refractivity contribution in [3.8, 4) is 0 Å². The van der Waals surface area contributed by atoms with Crippen molar-refractivity contribution in [1.82, 2.24) is 10.2 Å². The minimum Gasteiger partial charge on any atom is -0.481 e. The van der Waals surface area contributed by atoms with Crippen LogP contribution in [-0.4, -0.2) is 46.3 Å². The number of carbonyl (C=O) groups is 2. The number of carboxylic acid groups (broad SMARTS) is 1. The van der Waals surface area contributed by atoms with Gasteiger partial charge in [-0.05, 0) is 25.0 Å². The van der Waals surface area contributed by atoms with Gasteiger partial charge in [-0.3, -0.25) is 4.79 Å². The average molecular weight is 294 g/mol. The molecule has 0 radical (unpaired) electrons. The van der Waals surface area contributed by atoms with Crippen molar-refractivity contribution in [3.05, 3.63) is 35.4 Å². The third-order valence-corrected chi connectivity index (χ3v) is 3.12. The molecule has 0 spiro atoms. The summed E-state index contributed by atoms with van der Waals surface area (Å²) >= 11 is 0. The minimum absolute atomic E-state index is 0.0218. The van der Waals surface area contributed by atoms with E-state index in [1.54, 1.807) is 24.3 Å². The van der Waals surface area contributed by atoms with Crippen molar-refractivity contribution in [1.29, 1.82) is 0 Å². The first-order valence-corrected chi connectivity index (χ1v) is 6.89. The van der Waals surface area contributed by atoms with Gasteiger partial charge in [0, 0.05) is 19.1 Å². The van der Waals surface area contributed by atoms with Crippen LogP contribution in [-0.2, 0) is 17.8 Å². The molecule has 1 aromatic rings. The maximum Gasteiger partial charge on any atom is 0.317 e. The Bertz CT molecular complexity index is 488. The van der Waals surface area contributed by atoms with Crippen LogP contribution in [0.4, 0.5) is 4.79 Å². The normalized spacial score (nSPS) is 10.5. The van der Waals surface area contributed by atoms with Gasteiger partial charge >= 0.3 is 12.0 Å². The number of aliphatic hydroxyl groups is 1. The number of benzene rings is 1. The SMILES string of the molecule is CC(C)N(CCO)C(=O)NCc1ccccc1CC(=O)O. The first-order chi connectivity index (χ1) is 9.95. The lowest BCUT2D eigenvalue weighted by Crippen LogP contribution is -2.45. The lowest BCUT2D eigenvalue weighted by Gasteiger charge is -2.26. The average Bonchev–Trinajstić information content (AvgIpc) is 2.42. The van der Waals surface area contributed by atoms with Gasteiger partial charge in [0.1, 0.15) is 0 Å². The fraction of sp³-hybridized carbons (Fsp3) is 0.467. The number of nitrogens with one attached hydrogen (secondary N) is 1. The molecule has 1 rings (SSSR count). The molecule has 0 aliphatic heterocycles. The summed E-state index contributed by atoms with van der Waals surface area (Å²) in [7, 11) is 0. The van der Waals surface area contributed by atoms with Crippen molar-refractivity contribution >= 4 is 12.0 Å². The highest BCUT2D eigenvalue weighted by molar-refractivity contribution is 5.75. The van der Waals surface area contributed by atoms with E-state index in [9.17, 15) is 9.59 Å². The number of aliphatic carboxylic acids is 1. The zero-order valence-electron chi connectivity index (χ0n) is 12.4. The number of carbonyl (C=O) groups excluding carboxylic acids is 1. The predicted octanol–water partition coefficient (Wildman–Crippen LogP) is 1.23. The van der Waals surface area contributed by atoms with E-state index in [4.69, 9.17) is 10.2 Å². The molecule has 6 nitrogen and oxygen atoms in total. The van der Waals surface area contributed by atoms with Gasteiger partial charge in [-0.1, -0.05) is 24.3 Å². The highest BCUT2D eigenvalue weighted by atomic mass is 16.4. The maximum atomic E-state index is 12.1. The van der Waals surface area contributed by atoms with Gasteiger partial charge in [0.05, 0.1) is 13.0 Å². The second-order valence-electron chi connectivity index (χ2n) is 5.01. The van der Waals surface area contributed by atoms with E-state index >= 15 is 0 Å². The third kappa shape index (κ3) is 5.43. The van der Waals surface area contributed by atoms with Crippen LogP contribution < -0.4 is 5.32 Å². The van der Waals surface area contributed by atoms with Gasteiger partial charge in [0.2, 0.25) is 0 Å². The Morgan fingerprint density at radius 3 is 2.38 bits per heavy atom. The van der Waals surface area contributed by atoms with E-state index in [2.05, 4.69) is 5.32 Å². The number of carboxylic acids is 1. The molecule has 6 heteroatoms. The van der Waals surface area contributed by atoms with E-state index in [1.165, 1.54) is 4.90 Å². The van der Waals surface area contributed by atoms with Gasteiger partial charge in [-0.2, -0.15) is 0 Å². The Morgan fingerprint density at radius 1 is 1.24 bits per heavy atom. The molecular weight excluding hydrogens is 272 g/mol. The largest absolute Gasteiger partial charge is 0.481 e. The molecule has 21 heavy (non-hydrogen) atoms.